The summed E-state index contributed by atoms with van der Waals surface area (Å²) in [6.45, 7) is 0.512. The maximum absolute atomic E-state index is 13.3. The van der Waals surface area contributed by atoms with E-state index in [1.165, 1.54) is 12.1 Å². The fraction of sp³-hybridized carbons (Fsp3) is 0.188. The molecule has 108 valence electrons. The van der Waals surface area contributed by atoms with Gasteiger partial charge in [-0.2, -0.15) is 0 Å². The molecule has 0 spiro atoms. The molecule has 5 heteroatoms. The maximum atomic E-state index is 13.3. The van der Waals surface area contributed by atoms with Gasteiger partial charge in [0.1, 0.15) is 17.6 Å². The molecular weight excluding hydrogens is 271 g/mol. The van der Waals surface area contributed by atoms with Crippen LogP contribution in [0.25, 0.3) is 0 Å². The topological polar surface area (TPSA) is 50.4 Å². The first-order valence-electron chi connectivity index (χ1n) is 6.64. The number of hydrogen-bond acceptors (Lipinski definition) is 3. The molecule has 1 unspecified atom stereocenters. The summed E-state index contributed by atoms with van der Waals surface area (Å²) in [5, 5.41) is 5.89. The molecular formula is C16H15FN2O2. The zero-order valence-corrected chi connectivity index (χ0v) is 11.5. The number of rotatable bonds is 4. The molecule has 1 amide bonds. The Hall–Kier alpha value is -2.40. The Balaban J connectivity index is 1.73. The highest BCUT2D eigenvalue weighted by molar-refractivity contribution is 6.02. The number of anilines is 1. The van der Waals surface area contributed by atoms with Crippen LogP contribution in [0.15, 0.2) is 42.5 Å². The van der Waals surface area contributed by atoms with Crippen molar-refractivity contribution in [2.75, 3.05) is 12.4 Å². The van der Waals surface area contributed by atoms with Gasteiger partial charge >= 0.3 is 0 Å². The average Bonchev–Trinajstić information content (AvgIpc) is 2.80. The summed E-state index contributed by atoms with van der Waals surface area (Å²) >= 11 is 0. The SMILES string of the molecule is COc1ccc(CNC2C(=O)Nc3ccc(F)cc32)cc1. The fourth-order valence-electron chi connectivity index (χ4n) is 2.40. The minimum absolute atomic E-state index is 0.163. The summed E-state index contributed by atoms with van der Waals surface area (Å²) in [7, 11) is 1.61. The second kappa shape index (κ2) is 5.54. The monoisotopic (exact) mass is 286 g/mol. The van der Waals surface area contributed by atoms with Gasteiger partial charge in [0.25, 0.3) is 0 Å². The van der Waals surface area contributed by atoms with Crippen LogP contribution in [0.4, 0.5) is 10.1 Å². The van der Waals surface area contributed by atoms with E-state index in [4.69, 9.17) is 4.74 Å². The zero-order valence-electron chi connectivity index (χ0n) is 11.5. The number of halogens is 1. The van der Waals surface area contributed by atoms with Gasteiger partial charge in [-0.1, -0.05) is 12.1 Å². The van der Waals surface area contributed by atoms with Crippen molar-refractivity contribution in [2.24, 2.45) is 0 Å². The lowest BCUT2D eigenvalue weighted by Gasteiger charge is -2.12. The van der Waals surface area contributed by atoms with Gasteiger partial charge < -0.3 is 10.1 Å². The predicted molar refractivity (Wildman–Crippen MR) is 77.6 cm³/mol. The van der Waals surface area contributed by atoms with E-state index < -0.39 is 6.04 Å². The Bertz CT molecular complexity index is 670. The maximum Gasteiger partial charge on any atom is 0.246 e. The van der Waals surface area contributed by atoms with Crippen LogP contribution < -0.4 is 15.4 Å². The summed E-state index contributed by atoms with van der Waals surface area (Å²) in [5.74, 6) is 0.274. The van der Waals surface area contributed by atoms with Crippen LogP contribution >= 0.6 is 0 Å². The lowest BCUT2D eigenvalue weighted by atomic mass is 10.1. The highest BCUT2D eigenvalue weighted by atomic mass is 19.1. The predicted octanol–water partition coefficient (Wildman–Crippen LogP) is 2.62. The van der Waals surface area contributed by atoms with E-state index >= 15 is 0 Å². The highest BCUT2D eigenvalue weighted by Gasteiger charge is 2.30. The Morgan fingerprint density at radius 2 is 2.00 bits per heavy atom. The van der Waals surface area contributed by atoms with Crippen LogP contribution in [0.5, 0.6) is 5.75 Å². The molecule has 3 rings (SSSR count). The first kappa shape index (κ1) is 13.6. The first-order chi connectivity index (χ1) is 10.2. The Labute approximate surface area is 121 Å². The largest absolute Gasteiger partial charge is 0.497 e. The summed E-state index contributed by atoms with van der Waals surface area (Å²) in [6, 6.07) is 11.3. The van der Waals surface area contributed by atoms with Gasteiger partial charge in [-0.05, 0) is 35.9 Å². The molecule has 0 aliphatic carbocycles. The molecule has 2 N–H and O–H groups in total. The van der Waals surface area contributed by atoms with Gasteiger partial charge in [0.2, 0.25) is 5.91 Å². The van der Waals surface area contributed by atoms with E-state index in [2.05, 4.69) is 10.6 Å². The smallest absolute Gasteiger partial charge is 0.246 e. The number of nitrogens with one attached hydrogen (secondary N) is 2. The van der Waals surface area contributed by atoms with Crippen LogP contribution in [0.1, 0.15) is 17.2 Å². The number of methoxy groups -OCH3 is 1. The van der Waals surface area contributed by atoms with Gasteiger partial charge in [-0.3, -0.25) is 10.1 Å². The van der Waals surface area contributed by atoms with E-state index in [1.807, 2.05) is 24.3 Å². The number of fused-ring (bicyclic) bond motifs is 1. The van der Waals surface area contributed by atoms with Crippen molar-refractivity contribution >= 4 is 11.6 Å². The van der Waals surface area contributed by atoms with Crippen LogP contribution in [0, 0.1) is 5.82 Å². The van der Waals surface area contributed by atoms with Crippen molar-refractivity contribution in [3.05, 3.63) is 59.4 Å². The molecule has 1 heterocycles. The quantitative estimate of drug-likeness (QED) is 0.908. The summed E-state index contributed by atoms with van der Waals surface area (Å²) < 4.78 is 18.4. The Morgan fingerprint density at radius 1 is 1.24 bits per heavy atom. The second-order valence-corrected chi connectivity index (χ2v) is 4.88. The van der Waals surface area contributed by atoms with E-state index in [9.17, 15) is 9.18 Å². The molecule has 2 aromatic carbocycles. The fourth-order valence-corrected chi connectivity index (χ4v) is 2.40. The van der Waals surface area contributed by atoms with Crippen molar-refractivity contribution < 1.29 is 13.9 Å². The molecule has 0 radical (unpaired) electrons. The number of carbonyl (C=O) groups is 1. The third-order valence-electron chi connectivity index (χ3n) is 3.51. The zero-order chi connectivity index (χ0) is 14.8. The number of carbonyl (C=O) groups excluding carboxylic acids is 1. The van der Waals surface area contributed by atoms with E-state index in [0.717, 1.165) is 11.3 Å². The molecule has 4 nitrogen and oxygen atoms in total. The Morgan fingerprint density at radius 3 is 2.71 bits per heavy atom. The minimum atomic E-state index is -0.530. The molecule has 0 fully saturated rings. The van der Waals surface area contributed by atoms with Gasteiger partial charge in [-0.25, -0.2) is 4.39 Å². The number of ether oxygens (including phenoxy) is 1. The molecule has 2 aromatic rings. The molecule has 21 heavy (non-hydrogen) atoms. The molecule has 0 aromatic heterocycles. The molecule has 1 atom stereocenters. The molecule has 0 saturated heterocycles. The normalized spacial score (nSPS) is 16.5. The van der Waals surface area contributed by atoms with Crippen molar-refractivity contribution in [1.82, 2.24) is 5.32 Å². The number of hydrogen-bond donors (Lipinski definition) is 2. The highest BCUT2D eigenvalue weighted by Crippen LogP contribution is 2.31. The number of benzene rings is 2. The van der Waals surface area contributed by atoms with Crippen LogP contribution in [-0.2, 0) is 11.3 Å². The van der Waals surface area contributed by atoms with Crippen molar-refractivity contribution in [3.63, 3.8) is 0 Å². The summed E-state index contributed by atoms with van der Waals surface area (Å²) in [6.07, 6.45) is 0. The molecule has 1 aliphatic rings. The van der Waals surface area contributed by atoms with Crippen molar-refractivity contribution in [2.45, 2.75) is 12.6 Å². The van der Waals surface area contributed by atoms with Gasteiger partial charge in [-0.15, -0.1) is 0 Å². The van der Waals surface area contributed by atoms with E-state index in [-0.39, 0.29) is 11.7 Å². The minimum Gasteiger partial charge on any atom is -0.497 e. The Kier molecular flexibility index (Phi) is 3.58. The van der Waals surface area contributed by atoms with Gasteiger partial charge in [0, 0.05) is 17.8 Å². The van der Waals surface area contributed by atoms with E-state index in [0.29, 0.717) is 17.8 Å². The van der Waals surface area contributed by atoms with Crippen molar-refractivity contribution in [1.29, 1.82) is 0 Å². The van der Waals surface area contributed by atoms with E-state index in [1.54, 1.807) is 13.2 Å². The van der Waals surface area contributed by atoms with Crippen LogP contribution in [0.3, 0.4) is 0 Å². The third kappa shape index (κ3) is 2.73. The molecule has 0 bridgehead atoms. The second-order valence-electron chi connectivity index (χ2n) is 4.88. The lowest BCUT2D eigenvalue weighted by molar-refractivity contribution is -0.117. The summed E-state index contributed by atoms with van der Waals surface area (Å²) in [5.41, 5.74) is 2.33. The van der Waals surface area contributed by atoms with Gasteiger partial charge in [0.15, 0.2) is 0 Å². The molecule has 0 saturated carbocycles. The van der Waals surface area contributed by atoms with Crippen LogP contribution in [0.2, 0.25) is 0 Å². The average molecular weight is 286 g/mol. The first-order valence-corrected chi connectivity index (χ1v) is 6.64. The summed E-state index contributed by atoms with van der Waals surface area (Å²) in [4.78, 5) is 11.9. The van der Waals surface area contributed by atoms with Crippen molar-refractivity contribution in [3.8, 4) is 5.75 Å². The third-order valence-corrected chi connectivity index (χ3v) is 3.51. The standard InChI is InChI=1S/C16H15FN2O2/c1-21-12-5-2-10(3-6-12)9-18-15-13-8-11(17)4-7-14(13)19-16(15)20/h2-8,15,18H,9H2,1H3,(H,19,20). The van der Waals surface area contributed by atoms with Gasteiger partial charge in [0.05, 0.1) is 7.11 Å². The molecule has 1 aliphatic heterocycles. The number of amides is 1. The lowest BCUT2D eigenvalue weighted by Crippen LogP contribution is -2.27. The van der Waals surface area contributed by atoms with Crippen LogP contribution in [-0.4, -0.2) is 13.0 Å².